The van der Waals surface area contributed by atoms with E-state index in [1.54, 1.807) is 51.2 Å². The summed E-state index contributed by atoms with van der Waals surface area (Å²) in [4.78, 5) is 35.1. The summed E-state index contributed by atoms with van der Waals surface area (Å²) >= 11 is 6.31. The van der Waals surface area contributed by atoms with Crippen molar-refractivity contribution >= 4 is 29.2 Å². The number of pyridine rings is 1. The molecule has 0 unspecified atom stereocenters. The number of benzene rings is 1. The fourth-order valence-corrected chi connectivity index (χ4v) is 5.54. The molecule has 188 valence electrons. The molecule has 1 aromatic heterocycles. The van der Waals surface area contributed by atoms with Crippen molar-refractivity contribution in [3.05, 3.63) is 58.7 Å². The van der Waals surface area contributed by atoms with Crippen molar-refractivity contribution in [1.29, 1.82) is 0 Å². The maximum Gasteiger partial charge on any atom is 0.258 e. The molecule has 1 aliphatic carbocycles. The van der Waals surface area contributed by atoms with Gasteiger partial charge in [-0.25, -0.2) is 4.98 Å². The van der Waals surface area contributed by atoms with Crippen LogP contribution in [0.15, 0.2) is 42.5 Å². The minimum Gasteiger partial charge on any atom is -0.376 e. The second-order valence-electron chi connectivity index (χ2n) is 10.3. The Balaban J connectivity index is 1.28. The number of hydrogen-bond acceptors (Lipinski definition) is 5. The summed E-state index contributed by atoms with van der Waals surface area (Å²) < 4.78 is 0. The SMILES string of the molecule is CN(C)C(=O)c1ccc(N2CCC([C@@H]3C[C@H]3CN(C)C(=O)[C@@](C)(O)c3ccccc3)CC2)nc1Cl. The third-order valence-electron chi connectivity index (χ3n) is 7.52. The van der Waals surface area contributed by atoms with Crippen LogP contribution in [0.1, 0.15) is 42.1 Å². The Kier molecular flexibility index (Phi) is 7.38. The summed E-state index contributed by atoms with van der Waals surface area (Å²) in [6.45, 7) is 4.04. The van der Waals surface area contributed by atoms with Gasteiger partial charge in [-0.15, -0.1) is 0 Å². The number of rotatable bonds is 7. The molecule has 7 nitrogen and oxygen atoms in total. The molecule has 35 heavy (non-hydrogen) atoms. The number of carbonyl (C=O) groups excluding carboxylic acids is 2. The van der Waals surface area contributed by atoms with Crippen LogP contribution in [0.2, 0.25) is 5.15 Å². The molecule has 4 rings (SSSR count). The number of aromatic nitrogens is 1. The van der Waals surface area contributed by atoms with Crippen LogP contribution in [-0.4, -0.2) is 72.5 Å². The number of nitrogens with zero attached hydrogens (tertiary/aromatic N) is 4. The summed E-state index contributed by atoms with van der Waals surface area (Å²) in [5, 5.41) is 11.1. The predicted molar refractivity (Wildman–Crippen MR) is 137 cm³/mol. The summed E-state index contributed by atoms with van der Waals surface area (Å²) in [5.41, 5.74) is -0.488. The fourth-order valence-electron chi connectivity index (χ4n) is 5.31. The lowest BCUT2D eigenvalue weighted by atomic mass is 9.90. The molecule has 1 N–H and O–H groups in total. The minimum atomic E-state index is -1.52. The van der Waals surface area contributed by atoms with E-state index in [9.17, 15) is 14.7 Å². The molecule has 2 fully saturated rings. The number of piperidine rings is 1. The summed E-state index contributed by atoms with van der Waals surface area (Å²) in [7, 11) is 5.18. The van der Waals surface area contributed by atoms with Crippen LogP contribution in [0.5, 0.6) is 0 Å². The van der Waals surface area contributed by atoms with Gasteiger partial charge >= 0.3 is 0 Å². The highest BCUT2D eigenvalue weighted by Gasteiger charge is 2.45. The van der Waals surface area contributed by atoms with Crippen molar-refractivity contribution in [2.45, 2.75) is 31.8 Å². The Bertz CT molecular complexity index is 1070. The van der Waals surface area contributed by atoms with Crippen LogP contribution >= 0.6 is 11.6 Å². The van der Waals surface area contributed by atoms with Gasteiger partial charge in [0.2, 0.25) is 0 Å². The molecule has 1 saturated carbocycles. The number of hydrogen-bond donors (Lipinski definition) is 1. The second-order valence-corrected chi connectivity index (χ2v) is 10.7. The van der Waals surface area contributed by atoms with Gasteiger partial charge in [0.1, 0.15) is 11.0 Å². The van der Waals surface area contributed by atoms with Gasteiger partial charge in [-0.05, 0) is 61.6 Å². The van der Waals surface area contributed by atoms with Crippen LogP contribution in [-0.2, 0) is 10.4 Å². The van der Waals surface area contributed by atoms with Gasteiger partial charge < -0.3 is 19.8 Å². The lowest BCUT2D eigenvalue weighted by molar-refractivity contribution is -0.149. The Labute approximate surface area is 212 Å². The monoisotopic (exact) mass is 498 g/mol. The average Bonchev–Trinajstić information content (AvgIpc) is 3.62. The van der Waals surface area contributed by atoms with E-state index in [0.717, 1.165) is 38.2 Å². The molecule has 0 spiro atoms. The van der Waals surface area contributed by atoms with Gasteiger partial charge in [0, 0.05) is 40.8 Å². The number of likely N-dealkylation sites (N-methyl/N-ethyl adjacent to an activating group) is 1. The number of anilines is 1. The Hall–Kier alpha value is -2.64. The van der Waals surface area contributed by atoms with E-state index in [2.05, 4.69) is 9.88 Å². The minimum absolute atomic E-state index is 0.152. The molecule has 8 heteroatoms. The van der Waals surface area contributed by atoms with E-state index < -0.39 is 5.60 Å². The Morgan fingerprint density at radius 3 is 2.37 bits per heavy atom. The van der Waals surface area contributed by atoms with E-state index in [0.29, 0.717) is 35.4 Å². The lowest BCUT2D eigenvalue weighted by Gasteiger charge is -2.33. The van der Waals surface area contributed by atoms with E-state index in [1.807, 2.05) is 24.3 Å². The first-order valence-electron chi connectivity index (χ1n) is 12.3. The van der Waals surface area contributed by atoms with Crippen LogP contribution in [0.25, 0.3) is 0 Å². The fraction of sp³-hybridized carbons (Fsp3) is 0.519. The lowest BCUT2D eigenvalue weighted by Crippen LogP contribution is -2.44. The first-order valence-corrected chi connectivity index (χ1v) is 12.6. The van der Waals surface area contributed by atoms with E-state index >= 15 is 0 Å². The largest absolute Gasteiger partial charge is 0.376 e. The molecule has 1 saturated heterocycles. The third-order valence-corrected chi connectivity index (χ3v) is 7.81. The van der Waals surface area contributed by atoms with Gasteiger partial charge in [0.05, 0.1) is 5.56 Å². The van der Waals surface area contributed by atoms with Gasteiger partial charge in [0.15, 0.2) is 5.60 Å². The topological polar surface area (TPSA) is 77.0 Å². The maximum absolute atomic E-state index is 13.0. The van der Waals surface area contributed by atoms with Gasteiger partial charge in [-0.3, -0.25) is 9.59 Å². The summed E-state index contributed by atoms with van der Waals surface area (Å²) in [6, 6.07) is 12.8. The Morgan fingerprint density at radius 2 is 1.77 bits per heavy atom. The number of aliphatic hydroxyl groups is 1. The zero-order valence-corrected chi connectivity index (χ0v) is 21.7. The van der Waals surface area contributed by atoms with Crippen molar-refractivity contribution in [3.8, 4) is 0 Å². The molecule has 3 atom stereocenters. The van der Waals surface area contributed by atoms with E-state index in [1.165, 1.54) is 4.90 Å². The Morgan fingerprint density at radius 1 is 1.11 bits per heavy atom. The highest BCUT2D eigenvalue weighted by molar-refractivity contribution is 6.32. The average molecular weight is 499 g/mol. The van der Waals surface area contributed by atoms with Crippen molar-refractivity contribution in [2.75, 3.05) is 45.7 Å². The first kappa shape index (κ1) is 25.5. The van der Waals surface area contributed by atoms with E-state index in [4.69, 9.17) is 11.6 Å². The standard InChI is InChI=1S/C27H35ClN4O3/c1-27(35,20-8-6-5-7-9-20)26(34)31(4)17-19-16-22(19)18-12-14-32(15-13-18)23-11-10-21(24(28)29-23)25(33)30(2)3/h5-11,18-19,22,35H,12-17H2,1-4H3/t19-,22-,27-/m0/s1. The molecule has 2 aliphatic rings. The van der Waals surface area contributed by atoms with Gasteiger partial charge in [0.25, 0.3) is 11.8 Å². The highest BCUT2D eigenvalue weighted by Crippen LogP contribution is 2.48. The highest BCUT2D eigenvalue weighted by atomic mass is 35.5. The molecule has 2 amide bonds. The molecule has 2 aromatic rings. The molecular weight excluding hydrogens is 464 g/mol. The van der Waals surface area contributed by atoms with Crippen molar-refractivity contribution < 1.29 is 14.7 Å². The van der Waals surface area contributed by atoms with Crippen LogP contribution in [0.3, 0.4) is 0 Å². The van der Waals surface area contributed by atoms with Crippen molar-refractivity contribution in [3.63, 3.8) is 0 Å². The third kappa shape index (κ3) is 5.46. The van der Waals surface area contributed by atoms with Crippen molar-refractivity contribution in [1.82, 2.24) is 14.8 Å². The van der Waals surface area contributed by atoms with Crippen LogP contribution in [0.4, 0.5) is 5.82 Å². The molecule has 2 heterocycles. The van der Waals surface area contributed by atoms with Crippen molar-refractivity contribution in [2.24, 2.45) is 17.8 Å². The van der Waals surface area contributed by atoms with Gasteiger partial charge in [-0.1, -0.05) is 41.9 Å². The zero-order valence-electron chi connectivity index (χ0n) is 20.9. The summed E-state index contributed by atoms with van der Waals surface area (Å²) in [5.74, 6) is 2.12. The molecule has 0 radical (unpaired) electrons. The summed E-state index contributed by atoms with van der Waals surface area (Å²) in [6.07, 6.45) is 3.26. The predicted octanol–water partition coefficient (Wildman–Crippen LogP) is 3.66. The van der Waals surface area contributed by atoms with Gasteiger partial charge in [-0.2, -0.15) is 0 Å². The number of halogens is 1. The quantitative estimate of drug-likeness (QED) is 0.589. The zero-order chi connectivity index (χ0) is 25.3. The molecule has 1 aromatic carbocycles. The number of amides is 2. The van der Waals surface area contributed by atoms with E-state index in [-0.39, 0.29) is 17.0 Å². The maximum atomic E-state index is 13.0. The number of carbonyl (C=O) groups is 2. The molecular formula is C27H35ClN4O3. The van der Waals surface area contributed by atoms with Crippen LogP contribution in [0, 0.1) is 17.8 Å². The van der Waals surface area contributed by atoms with Crippen LogP contribution < -0.4 is 4.90 Å². The first-order chi connectivity index (χ1) is 16.6. The smallest absolute Gasteiger partial charge is 0.258 e. The molecule has 0 bridgehead atoms. The molecule has 1 aliphatic heterocycles. The normalized spacial score (nSPS) is 21.8. The second kappa shape index (κ2) is 10.2.